The van der Waals surface area contributed by atoms with Crippen LogP contribution >= 0.6 is 0 Å². The summed E-state index contributed by atoms with van der Waals surface area (Å²) in [5, 5.41) is 8.23. The molecule has 1 saturated heterocycles. The molecule has 1 heterocycles. The Balaban J connectivity index is 0.000000351. The Morgan fingerprint density at radius 2 is 1.63 bits per heavy atom. The van der Waals surface area contributed by atoms with Crippen LogP contribution in [-0.4, -0.2) is 65.2 Å². The molecule has 4 rings (SSSR count). The molecule has 240 valence electrons. The third-order valence-corrected chi connectivity index (χ3v) is 7.77. The fourth-order valence-electron chi connectivity index (χ4n) is 5.19. The minimum absolute atomic E-state index is 0.0208. The highest BCUT2D eigenvalue weighted by Crippen LogP contribution is 2.27. The van der Waals surface area contributed by atoms with Gasteiger partial charge in [-0.1, -0.05) is 57.9 Å². The molecule has 1 saturated carbocycles. The molecule has 1 atom stereocenters. The molecule has 2 fully saturated rings. The fraction of sp³-hybridized carbons (Fsp3) is 0.576. The van der Waals surface area contributed by atoms with Crippen molar-refractivity contribution in [3.05, 3.63) is 71.5 Å². The second-order valence-corrected chi connectivity index (χ2v) is 11.6. The molecule has 1 aliphatic heterocycles. The number of hydrogen-bond donors (Lipinski definition) is 2. The van der Waals surface area contributed by atoms with Gasteiger partial charge in [0.15, 0.2) is 11.6 Å². The van der Waals surface area contributed by atoms with Gasteiger partial charge in [0.1, 0.15) is 18.5 Å². The van der Waals surface area contributed by atoms with Gasteiger partial charge in [-0.2, -0.15) is 0 Å². The van der Waals surface area contributed by atoms with Crippen molar-refractivity contribution < 1.29 is 32.6 Å². The second-order valence-electron chi connectivity index (χ2n) is 11.6. The molecule has 0 bridgehead atoms. The van der Waals surface area contributed by atoms with E-state index in [0.717, 1.165) is 50.4 Å². The molecule has 2 aromatic carbocycles. The Morgan fingerprint density at radius 3 is 2.09 bits per heavy atom. The summed E-state index contributed by atoms with van der Waals surface area (Å²) in [5.74, 6) is -2.06. The number of carboxylic acids is 1. The molecule has 1 amide bonds. The van der Waals surface area contributed by atoms with Gasteiger partial charge in [-0.3, -0.25) is 4.79 Å². The van der Waals surface area contributed by atoms with Gasteiger partial charge >= 0.3 is 12.1 Å². The third kappa shape index (κ3) is 13.4. The van der Waals surface area contributed by atoms with Crippen LogP contribution in [0.5, 0.6) is 0 Å². The maximum Gasteiger partial charge on any atom is 0.410 e. The summed E-state index contributed by atoms with van der Waals surface area (Å²) in [6.45, 7) is 9.46. The smallest absolute Gasteiger partial charge is 0.410 e. The number of nitrogens with two attached hydrogens (primary N) is 1. The van der Waals surface area contributed by atoms with Crippen LogP contribution in [0.3, 0.4) is 0 Å². The molecule has 7 nitrogen and oxygen atoms in total. The van der Waals surface area contributed by atoms with Crippen molar-refractivity contribution in [3.63, 3.8) is 0 Å². The maximum atomic E-state index is 13.3. The molecule has 2 aliphatic rings. The molecular weight excluding hydrogens is 559 g/mol. The van der Waals surface area contributed by atoms with Crippen molar-refractivity contribution in [1.29, 1.82) is 0 Å². The molecule has 3 N–H and O–H groups in total. The molecule has 1 unspecified atom stereocenters. The number of hydrogen-bond acceptors (Lipinski definition) is 5. The number of piperidine rings is 1. The van der Waals surface area contributed by atoms with Crippen molar-refractivity contribution in [1.82, 2.24) is 9.80 Å². The first kappa shape index (κ1) is 36.1. The molecular formula is C33H48F3N3O4. The van der Waals surface area contributed by atoms with Crippen LogP contribution in [0.4, 0.5) is 18.0 Å². The second kappa shape index (κ2) is 19.2. The number of aliphatic carboxylic acids is 1. The van der Waals surface area contributed by atoms with E-state index in [4.69, 9.17) is 15.6 Å². The SMILES string of the molecule is CC(C)C(N)C(=O)O.CCCN(C(=O)OCc1ccc(F)c(F)c1)C1CCN(CC2CCCC2)CC1.Fc1ccccc1. The lowest BCUT2D eigenvalue weighted by atomic mass is 10.0. The predicted octanol–water partition coefficient (Wildman–Crippen LogP) is 6.85. The van der Waals surface area contributed by atoms with Crippen molar-refractivity contribution in [2.75, 3.05) is 26.2 Å². The van der Waals surface area contributed by atoms with Crippen LogP contribution in [0.2, 0.25) is 0 Å². The molecule has 0 aromatic heterocycles. The van der Waals surface area contributed by atoms with E-state index in [1.54, 1.807) is 32.0 Å². The zero-order valence-electron chi connectivity index (χ0n) is 25.7. The summed E-state index contributed by atoms with van der Waals surface area (Å²) in [6.07, 6.45) is 7.89. The van der Waals surface area contributed by atoms with Crippen molar-refractivity contribution >= 4 is 12.1 Å². The summed E-state index contributed by atoms with van der Waals surface area (Å²) in [7, 11) is 0. The van der Waals surface area contributed by atoms with Gasteiger partial charge in [-0.15, -0.1) is 0 Å². The van der Waals surface area contributed by atoms with E-state index < -0.39 is 23.6 Å². The van der Waals surface area contributed by atoms with Crippen LogP contribution in [0.15, 0.2) is 48.5 Å². The molecule has 1 aliphatic carbocycles. The van der Waals surface area contributed by atoms with E-state index in [0.29, 0.717) is 12.1 Å². The van der Waals surface area contributed by atoms with E-state index in [9.17, 15) is 22.8 Å². The third-order valence-electron chi connectivity index (χ3n) is 7.77. The zero-order valence-corrected chi connectivity index (χ0v) is 25.7. The summed E-state index contributed by atoms with van der Waals surface area (Å²) >= 11 is 0. The molecule has 43 heavy (non-hydrogen) atoms. The molecule has 2 aromatic rings. The Morgan fingerprint density at radius 1 is 1.00 bits per heavy atom. The normalized spacial score (nSPS) is 16.5. The van der Waals surface area contributed by atoms with Crippen LogP contribution in [-0.2, 0) is 16.1 Å². The van der Waals surface area contributed by atoms with Gasteiger partial charge in [0.05, 0.1) is 0 Å². The number of carbonyl (C=O) groups excluding carboxylic acids is 1. The first-order valence-corrected chi connectivity index (χ1v) is 15.3. The Kier molecular flexibility index (Phi) is 16.1. The Labute approximate surface area is 254 Å². The highest BCUT2D eigenvalue weighted by Gasteiger charge is 2.29. The topological polar surface area (TPSA) is 96.1 Å². The standard InChI is InChI=1S/C22H32F2N2O2.C6H5F.C5H11NO2/c1-2-11-26(22(27)28-16-18-7-8-20(23)21(24)14-18)19-9-12-25(13-10-19)15-17-5-3-4-6-17;7-6-4-2-1-3-5-6;1-3(2)4(6)5(7)8/h7-8,14,17,19H,2-6,9-13,15-16H2,1H3;1-5H;3-4H,6H2,1-2H3,(H,7,8). The minimum atomic E-state index is -0.931. The summed E-state index contributed by atoms with van der Waals surface area (Å²) in [6, 6.07) is 11.0. The van der Waals surface area contributed by atoms with E-state index >= 15 is 0 Å². The first-order valence-electron chi connectivity index (χ1n) is 15.3. The lowest BCUT2D eigenvalue weighted by Gasteiger charge is -2.38. The monoisotopic (exact) mass is 607 g/mol. The lowest BCUT2D eigenvalue weighted by Crippen LogP contribution is -2.48. The quantitative estimate of drug-likeness (QED) is 0.324. The number of ether oxygens (including phenoxy) is 1. The number of likely N-dealkylation sites (tertiary alicyclic amines) is 1. The molecule has 10 heteroatoms. The van der Waals surface area contributed by atoms with E-state index in [1.807, 2.05) is 11.8 Å². The number of carbonyl (C=O) groups is 2. The number of amides is 1. The summed E-state index contributed by atoms with van der Waals surface area (Å²) in [5.41, 5.74) is 5.61. The van der Waals surface area contributed by atoms with Crippen LogP contribution in [0, 0.1) is 29.3 Å². The van der Waals surface area contributed by atoms with E-state index in [1.165, 1.54) is 50.4 Å². The first-order chi connectivity index (χ1) is 20.5. The van der Waals surface area contributed by atoms with Gasteiger partial charge in [0, 0.05) is 32.2 Å². The van der Waals surface area contributed by atoms with E-state index in [2.05, 4.69) is 4.90 Å². The number of nitrogens with zero attached hydrogens (tertiary/aromatic N) is 2. The van der Waals surface area contributed by atoms with E-state index in [-0.39, 0.29) is 30.5 Å². The van der Waals surface area contributed by atoms with Crippen molar-refractivity contribution in [2.45, 2.75) is 84.4 Å². The van der Waals surface area contributed by atoms with Crippen molar-refractivity contribution in [3.8, 4) is 0 Å². The van der Waals surface area contributed by atoms with Gasteiger partial charge in [-0.25, -0.2) is 18.0 Å². The summed E-state index contributed by atoms with van der Waals surface area (Å²) < 4.78 is 43.7. The number of rotatable bonds is 9. The van der Waals surface area contributed by atoms with Crippen LogP contribution in [0.25, 0.3) is 0 Å². The van der Waals surface area contributed by atoms with Gasteiger partial charge in [-0.05, 0) is 73.8 Å². The minimum Gasteiger partial charge on any atom is -0.480 e. The average molecular weight is 608 g/mol. The van der Waals surface area contributed by atoms with Gasteiger partial charge in [0.2, 0.25) is 0 Å². The Hall–Kier alpha value is -3.11. The lowest BCUT2D eigenvalue weighted by molar-refractivity contribution is -0.139. The summed E-state index contributed by atoms with van der Waals surface area (Å²) in [4.78, 5) is 27.0. The zero-order chi connectivity index (χ0) is 31.8. The number of benzene rings is 2. The maximum absolute atomic E-state index is 13.3. The largest absolute Gasteiger partial charge is 0.480 e. The Bertz CT molecular complexity index is 1090. The average Bonchev–Trinajstić information content (AvgIpc) is 3.50. The number of carboxylic acid groups (broad SMARTS) is 1. The van der Waals surface area contributed by atoms with Gasteiger partial charge < -0.3 is 25.4 Å². The van der Waals surface area contributed by atoms with Gasteiger partial charge in [0.25, 0.3) is 0 Å². The highest BCUT2D eigenvalue weighted by atomic mass is 19.2. The molecule has 0 radical (unpaired) electrons. The predicted molar refractivity (Wildman–Crippen MR) is 162 cm³/mol. The van der Waals surface area contributed by atoms with Crippen LogP contribution in [0.1, 0.15) is 71.3 Å². The van der Waals surface area contributed by atoms with Crippen LogP contribution < -0.4 is 5.73 Å². The highest BCUT2D eigenvalue weighted by molar-refractivity contribution is 5.73. The fourth-order valence-corrected chi connectivity index (χ4v) is 5.19. The molecule has 0 spiro atoms. The number of halogens is 3. The van der Waals surface area contributed by atoms with Crippen molar-refractivity contribution in [2.24, 2.45) is 17.6 Å².